The van der Waals surface area contributed by atoms with Crippen LogP contribution in [-0.2, 0) is 0 Å². The molecule has 0 fully saturated rings. The highest BCUT2D eigenvalue weighted by Crippen LogP contribution is 2.17. The van der Waals surface area contributed by atoms with E-state index in [0.29, 0.717) is 0 Å². The fraction of sp³-hybridized carbons (Fsp3) is 0.333. The third kappa shape index (κ3) is 1.51. The molecule has 1 aromatic rings. The fourth-order valence-electron chi connectivity index (χ4n) is 0.571. The summed E-state index contributed by atoms with van der Waals surface area (Å²) in [5.74, 6) is 0. The summed E-state index contributed by atoms with van der Waals surface area (Å²) in [6.45, 7) is -0.194. The van der Waals surface area contributed by atoms with E-state index in [-0.39, 0.29) is 6.61 Å². The summed E-state index contributed by atoms with van der Waals surface area (Å²) in [7, 11) is 0. The Bertz CT molecular complexity index is 160. The van der Waals surface area contributed by atoms with Gasteiger partial charge in [0.1, 0.15) is 6.10 Å². The minimum absolute atomic E-state index is 0.194. The van der Waals surface area contributed by atoms with Crippen LogP contribution >= 0.6 is 11.3 Å². The van der Waals surface area contributed by atoms with Gasteiger partial charge in [0.05, 0.1) is 6.61 Å². The van der Waals surface area contributed by atoms with E-state index in [1.165, 1.54) is 11.3 Å². The quantitative estimate of drug-likeness (QED) is 0.643. The lowest BCUT2D eigenvalue weighted by atomic mass is 10.3. The van der Waals surface area contributed by atoms with Crippen molar-refractivity contribution < 1.29 is 10.2 Å². The molecule has 0 aliphatic carbocycles. The van der Waals surface area contributed by atoms with E-state index in [1.54, 1.807) is 6.07 Å². The number of rotatable bonds is 2. The highest BCUT2D eigenvalue weighted by molar-refractivity contribution is 7.10. The molecule has 1 rings (SSSR count). The van der Waals surface area contributed by atoms with Gasteiger partial charge in [0.25, 0.3) is 0 Å². The summed E-state index contributed by atoms with van der Waals surface area (Å²) in [4.78, 5) is 0.817. The van der Waals surface area contributed by atoms with Crippen molar-refractivity contribution in [1.82, 2.24) is 0 Å². The Hall–Kier alpha value is -0.380. The molecule has 0 bridgehead atoms. The van der Waals surface area contributed by atoms with Crippen LogP contribution in [0.2, 0.25) is 0 Å². The molecule has 3 heteroatoms. The van der Waals surface area contributed by atoms with E-state index < -0.39 is 6.10 Å². The van der Waals surface area contributed by atoms with Crippen molar-refractivity contribution in [3.05, 3.63) is 22.4 Å². The van der Waals surface area contributed by atoms with E-state index in [1.807, 2.05) is 11.4 Å². The maximum Gasteiger partial charge on any atom is 0.111 e. The van der Waals surface area contributed by atoms with Gasteiger partial charge in [-0.3, -0.25) is 0 Å². The first kappa shape index (κ1) is 6.74. The van der Waals surface area contributed by atoms with Gasteiger partial charge in [0.2, 0.25) is 0 Å². The van der Waals surface area contributed by atoms with Crippen LogP contribution in [0.1, 0.15) is 11.0 Å². The number of aliphatic hydroxyl groups excluding tert-OH is 2. The third-order valence-electron chi connectivity index (χ3n) is 1.04. The summed E-state index contributed by atoms with van der Waals surface area (Å²) < 4.78 is 0. The summed E-state index contributed by atoms with van der Waals surface area (Å²) in [6.07, 6.45) is -0.690. The Morgan fingerprint density at radius 2 is 2.44 bits per heavy atom. The molecule has 0 spiro atoms. The minimum atomic E-state index is -0.690. The Labute approximate surface area is 57.4 Å². The van der Waals surface area contributed by atoms with Gasteiger partial charge >= 0.3 is 0 Å². The van der Waals surface area contributed by atoms with Crippen molar-refractivity contribution in [3.63, 3.8) is 0 Å². The second kappa shape index (κ2) is 2.96. The summed E-state index contributed by atoms with van der Waals surface area (Å²) >= 11 is 1.45. The number of hydrogen-bond donors (Lipinski definition) is 2. The lowest BCUT2D eigenvalue weighted by Crippen LogP contribution is -1.98. The maximum atomic E-state index is 8.98. The molecule has 0 radical (unpaired) electrons. The van der Waals surface area contributed by atoms with Crippen LogP contribution in [0.5, 0.6) is 0 Å². The van der Waals surface area contributed by atoms with Crippen LogP contribution in [0.15, 0.2) is 17.5 Å². The van der Waals surface area contributed by atoms with Crippen LogP contribution in [0.25, 0.3) is 0 Å². The van der Waals surface area contributed by atoms with Gasteiger partial charge in [-0.2, -0.15) is 0 Å². The van der Waals surface area contributed by atoms with Crippen molar-refractivity contribution in [1.29, 1.82) is 0 Å². The number of hydrogen-bond acceptors (Lipinski definition) is 3. The monoisotopic (exact) mass is 144 g/mol. The minimum Gasteiger partial charge on any atom is -0.393 e. The molecule has 1 heterocycles. The summed E-state index contributed by atoms with van der Waals surface area (Å²) in [5.41, 5.74) is 0. The van der Waals surface area contributed by atoms with E-state index >= 15 is 0 Å². The van der Waals surface area contributed by atoms with Gasteiger partial charge in [-0.1, -0.05) is 6.07 Å². The highest BCUT2D eigenvalue weighted by Gasteiger charge is 2.04. The number of aliphatic hydroxyl groups is 2. The van der Waals surface area contributed by atoms with Gasteiger partial charge in [-0.25, -0.2) is 0 Å². The van der Waals surface area contributed by atoms with Gasteiger partial charge in [0.15, 0.2) is 0 Å². The smallest absolute Gasteiger partial charge is 0.111 e. The third-order valence-corrected chi connectivity index (χ3v) is 2.02. The maximum absolute atomic E-state index is 8.98. The first-order chi connectivity index (χ1) is 4.34. The van der Waals surface area contributed by atoms with E-state index in [0.717, 1.165) is 4.88 Å². The van der Waals surface area contributed by atoms with E-state index in [4.69, 9.17) is 10.2 Å². The lowest BCUT2D eigenvalue weighted by Gasteiger charge is -2.00. The van der Waals surface area contributed by atoms with Crippen molar-refractivity contribution in [2.24, 2.45) is 0 Å². The summed E-state index contributed by atoms with van der Waals surface area (Å²) in [5, 5.41) is 19.3. The second-order valence-corrected chi connectivity index (χ2v) is 2.69. The Balaban J connectivity index is 2.65. The molecule has 0 aromatic carbocycles. The molecule has 0 saturated heterocycles. The van der Waals surface area contributed by atoms with Crippen LogP contribution in [0.4, 0.5) is 0 Å². The molecule has 50 valence electrons. The molecule has 0 saturated carbocycles. The Morgan fingerprint density at radius 3 is 2.89 bits per heavy atom. The van der Waals surface area contributed by atoms with E-state index in [2.05, 4.69) is 0 Å². The van der Waals surface area contributed by atoms with Gasteiger partial charge < -0.3 is 10.2 Å². The highest BCUT2D eigenvalue weighted by atomic mass is 32.1. The molecule has 9 heavy (non-hydrogen) atoms. The molecule has 0 amide bonds. The largest absolute Gasteiger partial charge is 0.393 e. The van der Waals surface area contributed by atoms with Crippen LogP contribution in [0, 0.1) is 0 Å². The molecular formula is C6H8O2S. The topological polar surface area (TPSA) is 40.5 Å². The normalized spacial score (nSPS) is 13.6. The van der Waals surface area contributed by atoms with Crippen LogP contribution in [0.3, 0.4) is 0 Å². The molecule has 2 nitrogen and oxygen atoms in total. The molecule has 0 aliphatic heterocycles. The zero-order chi connectivity index (χ0) is 6.69. The zero-order valence-electron chi connectivity index (χ0n) is 4.82. The molecule has 1 aromatic heterocycles. The summed E-state index contributed by atoms with van der Waals surface area (Å²) in [6, 6.07) is 3.64. The van der Waals surface area contributed by atoms with Crippen molar-refractivity contribution in [3.8, 4) is 0 Å². The van der Waals surface area contributed by atoms with Crippen LogP contribution < -0.4 is 0 Å². The molecule has 2 N–H and O–H groups in total. The molecule has 0 aliphatic rings. The SMILES string of the molecule is OC[C@H](O)c1cccs1. The zero-order valence-corrected chi connectivity index (χ0v) is 5.64. The number of thiophene rings is 1. The van der Waals surface area contributed by atoms with Crippen molar-refractivity contribution in [2.75, 3.05) is 6.61 Å². The van der Waals surface area contributed by atoms with Crippen LogP contribution in [-0.4, -0.2) is 16.8 Å². The average molecular weight is 144 g/mol. The second-order valence-electron chi connectivity index (χ2n) is 1.71. The first-order valence-corrected chi connectivity index (χ1v) is 3.55. The molecule has 0 unspecified atom stereocenters. The van der Waals surface area contributed by atoms with Crippen molar-refractivity contribution in [2.45, 2.75) is 6.10 Å². The van der Waals surface area contributed by atoms with Gasteiger partial charge in [-0.15, -0.1) is 11.3 Å². The predicted octanol–water partition coefficient (Wildman–Crippen LogP) is 0.774. The lowest BCUT2D eigenvalue weighted by molar-refractivity contribution is 0.0984. The fourth-order valence-corrected chi connectivity index (χ4v) is 1.27. The average Bonchev–Trinajstić information content (AvgIpc) is 2.37. The first-order valence-electron chi connectivity index (χ1n) is 2.67. The Morgan fingerprint density at radius 1 is 1.67 bits per heavy atom. The van der Waals surface area contributed by atoms with Gasteiger partial charge in [0, 0.05) is 4.88 Å². The molecule has 1 atom stereocenters. The van der Waals surface area contributed by atoms with E-state index in [9.17, 15) is 0 Å². The van der Waals surface area contributed by atoms with Gasteiger partial charge in [-0.05, 0) is 11.4 Å². The van der Waals surface area contributed by atoms with Crippen molar-refractivity contribution >= 4 is 11.3 Å². The molecular weight excluding hydrogens is 136 g/mol. The predicted molar refractivity (Wildman–Crippen MR) is 36.4 cm³/mol. The standard InChI is InChI=1S/C6H8O2S/c7-4-5(8)6-2-1-3-9-6/h1-3,5,7-8H,4H2/t5-/m0/s1. The Kier molecular flexibility index (Phi) is 2.22.